The fourth-order valence-electron chi connectivity index (χ4n) is 1.19. The molecule has 1 amide bonds. The van der Waals surface area contributed by atoms with Crippen LogP contribution in [0.4, 0.5) is 6.01 Å². The number of hydrogen-bond donors (Lipinski definition) is 1. The van der Waals surface area contributed by atoms with E-state index in [1.54, 1.807) is 25.8 Å². The SMILES string of the molecule is CCN(C)C(=O)C(C)Nc1nnc(C(C)Cl)o1. The van der Waals surface area contributed by atoms with Crippen molar-refractivity contribution >= 4 is 23.5 Å². The Morgan fingerprint density at radius 3 is 2.65 bits per heavy atom. The van der Waals surface area contributed by atoms with Gasteiger partial charge in [-0.15, -0.1) is 16.7 Å². The Morgan fingerprint density at radius 2 is 2.18 bits per heavy atom. The number of nitrogens with one attached hydrogen (secondary N) is 1. The second-order valence-corrected chi connectivity index (χ2v) is 4.43. The van der Waals surface area contributed by atoms with Crippen molar-refractivity contribution in [1.29, 1.82) is 0 Å². The smallest absolute Gasteiger partial charge is 0.316 e. The Morgan fingerprint density at radius 1 is 1.53 bits per heavy atom. The number of halogens is 1. The molecule has 0 aliphatic carbocycles. The van der Waals surface area contributed by atoms with Crippen LogP contribution >= 0.6 is 11.6 Å². The number of hydrogen-bond acceptors (Lipinski definition) is 5. The minimum absolute atomic E-state index is 0.0360. The van der Waals surface area contributed by atoms with Crippen LogP contribution in [0.5, 0.6) is 0 Å². The minimum atomic E-state index is -0.418. The molecule has 96 valence electrons. The van der Waals surface area contributed by atoms with Crippen LogP contribution in [0.3, 0.4) is 0 Å². The van der Waals surface area contributed by atoms with E-state index in [2.05, 4.69) is 15.5 Å². The Hall–Kier alpha value is -1.30. The molecule has 0 aliphatic rings. The molecular formula is C10H17ClN4O2. The van der Waals surface area contributed by atoms with Crippen LogP contribution < -0.4 is 5.32 Å². The number of nitrogens with zero attached hydrogens (tertiary/aromatic N) is 3. The van der Waals surface area contributed by atoms with Crippen LogP contribution in [-0.4, -0.2) is 40.6 Å². The zero-order chi connectivity index (χ0) is 13.0. The summed E-state index contributed by atoms with van der Waals surface area (Å²) >= 11 is 5.79. The first-order valence-electron chi connectivity index (χ1n) is 5.44. The summed E-state index contributed by atoms with van der Waals surface area (Å²) in [5.41, 5.74) is 0. The molecule has 1 heterocycles. The number of amides is 1. The molecule has 1 aromatic heterocycles. The minimum Gasteiger partial charge on any atom is -0.406 e. The van der Waals surface area contributed by atoms with Crippen molar-refractivity contribution in [1.82, 2.24) is 15.1 Å². The van der Waals surface area contributed by atoms with E-state index in [0.29, 0.717) is 12.4 Å². The van der Waals surface area contributed by atoms with Crippen molar-refractivity contribution in [3.8, 4) is 0 Å². The van der Waals surface area contributed by atoms with Crippen LogP contribution in [-0.2, 0) is 4.79 Å². The highest BCUT2D eigenvalue weighted by Gasteiger charge is 2.19. The molecule has 0 bridgehead atoms. The quantitative estimate of drug-likeness (QED) is 0.815. The summed E-state index contributed by atoms with van der Waals surface area (Å²) in [6, 6.07) is -0.211. The van der Waals surface area contributed by atoms with Crippen molar-refractivity contribution in [2.24, 2.45) is 0 Å². The zero-order valence-electron chi connectivity index (χ0n) is 10.4. The summed E-state index contributed by atoms with van der Waals surface area (Å²) in [5, 5.41) is 10.0. The number of likely N-dealkylation sites (N-methyl/N-ethyl adjacent to an activating group) is 1. The van der Waals surface area contributed by atoms with Crippen LogP contribution in [0.15, 0.2) is 4.42 Å². The molecule has 0 radical (unpaired) electrons. The molecule has 1 rings (SSSR count). The highest BCUT2D eigenvalue weighted by Crippen LogP contribution is 2.19. The number of rotatable bonds is 5. The van der Waals surface area contributed by atoms with Crippen molar-refractivity contribution in [2.75, 3.05) is 18.9 Å². The van der Waals surface area contributed by atoms with E-state index in [4.69, 9.17) is 16.0 Å². The van der Waals surface area contributed by atoms with Crippen LogP contribution in [0.25, 0.3) is 0 Å². The van der Waals surface area contributed by atoms with Crippen molar-refractivity contribution in [3.63, 3.8) is 0 Å². The molecule has 0 saturated heterocycles. The monoisotopic (exact) mass is 260 g/mol. The number of anilines is 1. The van der Waals surface area contributed by atoms with Gasteiger partial charge < -0.3 is 14.6 Å². The van der Waals surface area contributed by atoms with Gasteiger partial charge >= 0.3 is 6.01 Å². The standard InChI is InChI=1S/C10H17ClN4O2/c1-5-15(4)9(16)7(3)12-10-14-13-8(17-10)6(2)11/h6-7H,5H2,1-4H3,(H,12,14). The molecule has 0 fully saturated rings. The summed E-state index contributed by atoms with van der Waals surface area (Å²) in [6.45, 7) is 6.03. The fourth-order valence-corrected chi connectivity index (χ4v) is 1.28. The Labute approximate surface area is 105 Å². The molecule has 7 heteroatoms. The number of carbonyl (C=O) groups is 1. The number of alkyl halides is 1. The lowest BCUT2D eigenvalue weighted by Gasteiger charge is -2.19. The number of aromatic nitrogens is 2. The maximum absolute atomic E-state index is 11.8. The zero-order valence-corrected chi connectivity index (χ0v) is 11.2. The topological polar surface area (TPSA) is 71.3 Å². The summed E-state index contributed by atoms with van der Waals surface area (Å²) in [5.74, 6) is 0.295. The summed E-state index contributed by atoms with van der Waals surface area (Å²) in [4.78, 5) is 13.4. The van der Waals surface area contributed by atoms with Gasteiger partial charge in [-0.05, 0) is 20.8 Å². The first-order valence-corrected chi connectivity index (χ1v) is 5.88. The highest BCUT2D eigenvalue weighted by atomic mass is 35.5. The number of carbonyl (C=O) groups excluding carboxylic acids is 1. The third-order valence-corrected chi connectivity index (χ3v) is 2.53. The van der Waals surface area contributed by atoms with E-state index < -0.39 is 6.04 Å². The summed E-state index contributed by atoms with van der Waals surface area (Å²) in [6.07, 6.45) is 0. The Kier molecular flexibility index (Phi) is 4.74. The van der Waals surface area contributed by atoms with E-state index in [-0.39, 0.29) is 17.3 Å². The molecule has 6 nitrogen and oxygen atoms in total. The Balaban J connectivity index is 2.61. The molecule has 0 spiro atoms. The van der Waals surface area contributed by atoms with Gasteiger partial charge in [-0.2, -0.15) is 0 Å². The van der Waals surface area contributed by atoms with E-state index in [9.17, 15) is 4.79 Å². The van der Waals surface area contributed by atoms with Gasteiger partial charge in [0, 0.05) is 13.6 Å². The van der Waals surface area contributed by atoms with Crippen LogP contribution in [0, 0.1) is 0 Å². The summed E-state index contributed by atoms with van der Waals surface area (Å²) in [7, 11) is 1.74. The van der Waals surface area contributed by atoms with Gasteiger partial charge in [0.2, 0.25) is 11.8 Å². The van der Waals surface area contributed by atoms with Gasteiger partial charge in [-0.1, -0.05) is 5.10 Å². The fraction of sp³-hybridized carbons (Fsp3) is 0.700. The largest absolute Gasteiger partial charge is 0.406 e. The van der Waals surface area contributed by atoms with E-state index in [1.807, 2.05) is 6.92 Å². The van der Waals surface area contributed by atoms with E-state index in [1.165, 1.54) is 0 Å². The normalized spacial score (nSPS) is 14.2. The third-order valence-electron chi connectivity index (χ3n) is 2.34. The maximum atomic E-state index is 11.8. The predicted molar refractivity (Wildman–Crippen MR) is 65.0 cm³/mol. The van der Waals surface area contributed by atoms with Crippen molar-refractivity contribution in [3.05, 3.63) is 5.89 Å². The van der Waals surface area contributed by atoms with Crippen LogP contribution in [0.2, 0.25) is 0 Å². The highest BCUT2D eigenvalue weighted by molar-refractivity contribution is 6.20. The molecule has 17 heavy (non-hydrogen) atoms. The average molecular weight is 261 g/mol. The second-order valence-electron chi connectivity index (χ2n) is 3.78. The second kappa shape index (κ2) is 5.86. The molecule has 2 atom stereocenters. The lowest BCUT2D eigenvalue weighted by Crippen LogP contribution is -2.38. The van der Waals surface area contributed by atoms with Gasteiger partial charge in [-0.3, -0.25) is 4.79 Å². The lowest BCUT2D eigenvalue weighted by atomic mass is 10.3. The molecule has 0 aromatic carbocycles. The van der Waals surface area contributed by atoms with Gasteiger partial charge in [-0.25, -0.2) is 0 Å². The van der Waals surface area contributed by atoms with Gasteiger partial charge in [0.05, 0.1) is 0 Å². The van der Waals surface area contributed by atoms with Gasteiger partial charge in [0.25, 0.3) is 0 Å². The van der Waals surface area contributed by atoms with Gasteiger partial charge in [0.15, 0.2) is 0 Å². The van der Waals surface area contributed by atoms with Gasteiger partial charge in [0.1, 0.15) is 11.4 Å². The lowest BCUT2D eigenvalue weighted by molar-refractivity contribution is -0.130. The Bertz CT molecular complexity index is 380. The molecular weight excluding hydrogens is 244 g/mol. The third kappa shape index (κ3) is 3.59. The predicted octanol–water partition coefficient (Wildman–Crippen LogP) is 1.65. The molecule has 0 aliphatic heterocycles. The average Bonchev–Trinajstić information content (AvgIpc) is 2.75. The van der Waals surface area contributed by atoms with Crippen LogP contribution in [0.1, 0.15) is 32.0 Å². The van der Waals surface area contributed by atoms with Crippen molar-refractivity contribution in [2.45, 2.75) is 32.2 Å². The molecule has 0 saturated carbocycles. The molecule has 2 unspecified atom stereocenters. The maximum Gasteiger partial charge on any atom is 0.316 e. The summed E-state index contributed by atoms with van der Waals surface area (Å²) < 4.78 is 5.24. The van der Waals surface area contributed by atoms with E-state index >= 15 is 0 Å². The molecule has 1 N–H and O–H groups in total. The van der Waals surface area contributed by atoms with Crippen molar-refractivity contribution < 1.29 is 9.21 Å². The first-order chi connectivity index (χ1) is 7.95. The van der Waals surface area contributed by atoms with E-state index in [0.717, 1.165) is 0 Å². The first kappa shape index (κ1) is 13.8. The molecule has 1 aromatic rings.